The first-order valence-electron chi connectivity index (χ1n) is 35.2. The maximum atomic E-state index is 7.97. The van der Waals surface area contributed by atoms with E-state index in [0.29, 0.717) is 35.0 Å². The number of imidazole rings is 8. The van der Waals surface area contributed by atoms with Crippen LogP contribution in [0.5, 0.6) is 0 Å². The maximum Gasteiger partial charge on any atom is 0.376 e. The Kier molecular flexibility index (Phi) is 11.5. The normalized spacial score (nSPS) is 13.5. The average molecular weight is 1370 g/mol. The first kappa shape index (κ1) is 54.1. The molecular formula is C78H56N23OS+5. The summed E-state index contributed by atoms with van der Waals surface area (Å²) in [4.78, 5) is 28.7. The molecule has 103 heavy (non-hydrogen) atoms. The number of hydrogen-bond donors (Lipinski definition) is 0. The summed E-state index contributed by atoms with van der Waals surface area (Å²) in [7, 11) is 2.07. The van der Waals surface area contributed by atoms with Crippen LogP contribution < -0.4 is 22.8 Å². The topological polar surface area (TPSA) is 198 Å². The van der Waals surface area contributed by atoms with Gasteiger partial charge in [-0.15, -0.1) is 28.8 Å². The summed E-state index contributed by atoms with van der Waals surface area (Å²) in [6.07, 6.45) is 10.9. The van der Waals surface area contributed by atoms with Crippen LogP contribution in [0.3, 0.4) is 0 Å². The van der Waals surface area contributed by atoms with E-state index < -0.39 is 6.98 Å². The molecule has 0 fully saturated rings. The number of para-hydroxylation sites is 1. The average Bonchev–Trinajstić information content (AvgIpc) is 1.56. The minimum absolute atomic E-state index is 0.438. The number of aromatic nitrogens is 23. The van der Waals surface area contributed by atoms with E-state index in [0.717, 1.165) is 111 Å². The molecule has 15 aromatic heterocycles. The first-order chi connectivity index (χ1) is 52.1. The third-order valence-corrected chi connectivity index (χ3v) is 21.3. The fraction of sp³-hybridized carbons (Fsp3) is 0.0897. The summed E-state index contributed by atoms with van der Waals surface area (Å²) in [6, 6.07) is 69.4. The number of hydrogen-bond acceptors (Lipinski definition) is 12. The predicted molar refractivity (Wildman–Crippen MR) is 384 cm³/mol. The number of fused-ring (bicyclic) bond motifs is 35. The van der Waals surface area contributed by atoms with Crippen molar-refractivity contribution < 1.29 is 31.4 Å². The van der Waals surface area contributed by atoms with Gasteiger partial charge in [0.2, 0.25) is 39.2 Å². The molecule has 0 bridgehead atoms. The number of benzene rings is 6. The summed E-state index contributed by atoms with van der Waals surface area (Å²) in [5.74, 6) is 4.68. The lowest BCUT2D eigenvalue weighted by Crippen LogP contribution is -2.32. The zero-order valence-corrected chi connectivity index (χ0v) is 55.5. The van der Waals surface area contributed by atoms with Crippen LogP contribution in [0.1, 0.15) is 31.9 Å². The van der Waals surface area contributed by atoms with Crippen molar-refractivity contribution in [1.29, 1.82) is 0 Å². The highest BCUT2D eigenvalue weighted by Gasteiger charge is 2.40. The van der Waals surface area contributed by atoms with Gasteiger partial charge in [-0.2, -0.15) is 29.5 Å². The Balaban J connectivity index is 0.0000000830. The van der Waals surface area contributed by atoms with Crippen LogP contribution in [-0.2, 0) is 46.7 Å². The van der Waals surface area contributed by atoms with Crippen LogP contribution >= 0.6 is 11.3 Å². The Morgan fingerprint density at radius 1 is 0.398 bits per heavy atom. The fourth-order valence-corrected chi connectivity index (χ4v) is 16.9. The largest absolute Gasteiger partial charge is 0.395 e. The minimum atomic E-state index is -2.31. The van der Waals surface area contributed by atoms with Crippen LogP contribution in [0.4, 0.5) is 0 Å². The summed E-state index contributed by atoms with van der Waals surface area (Å²) in [5.41, 5.74) is 24.5. The van der Waals surface area contributed by atoms with Crippen molar-refractivity contribution >= 4 is 95.4 Å². The molecule has 26 rings (SSSR count). The van der Waals surface area contributed by atoms with Gasteiger partial charge in [0, 0.05) is 75.0 Å². The molecule has 490 valence electrons. The van der Waals surface area contributed by atoms with Gasteiger partial charge in [-0.3, -0.25) is 0 Å². The van der Waals surface area contributed by atoms with Gasteiger partial charge in [-0.05, 0) is 72.8 Å². The van der Waals surface area contributed by atoms with Crippen LogP contribution in [-0.4, -0.2) is 86.5 Å². The quantitative estimate of drug-likeness (QED) is 0.142. The van der Waals surface area contributed by atoms with Gasteiger partial charge in [0.1, 0.15) is 18.8 Å². The van der Waals surface area contributed by atoms with Crippen molar-refractivity contribution in [3.8, 4) is 61.9 Å². The molecule has 0 spiro atoms. The fourth-order valence-electron chi connectivity index (χ4n) is 15.7. The molecule has 0 saturated carbocycles. The molecular weight excluding hydrogens is 1310 g/mol. The van der Waals surface area contributed by atoms with Crippen LogP contribution in [0, 0.1) is 0 Å². The molecule has 0 unspecified atom stereocenters. The van der Waals surface area contributed by atoms with E-state index >= 15 is 0 Å². The van der Waals surface area contributed by atoms with E-state index in [2.05, 4.69) is 194 Å². The Labute approximate surface area is 590 Å². The monoisotopic (exact) mass is 1370 g/mol. The summed E-state index contributed by atoms with van der Waals surface area (Å²) < 4.78 is 56.1. The smallest absolute Gasteiger partial charge is 0.376 e. The molecule has 0 atom stereocenters. The number of nitrogens with zero attached hydrogens (tertiary/aromatic N) is 23. The van der Waals surface area contributed by atoms with Crippen molar-refractivity contribution in [3.05, 3.63) is 271 Å². The highest BCUT2D eigenvalue weighted by atomic mass is 32.1. The Bertz CT molecular complexity index is 7230. The van der Waals surface area contributed by atoms with E-state index in [1.54, 1.807) is 46.7 Å². The molecule has 5 aliphatic rings. The van der Waals surface area contributed by atoms with Gasteiger partial charge >= 0.3 is 39.7 Å². The Hall–Kier alpha value is -13.8. The number of rotatable bonds is 1. The molecule has 5 aliphatic heterocycles. The number of aryl methyl sites for hydroxylation is 2. The molecule has 25 heteroatoms. The van der Waals surface area contributed by atoms with E-state index in [1.807, 2.05) is 115 Å². The van der Waals surface area contributed by atoms with Crippen molar-refractivity contribution in [2.45, 2.75) is 32.7 Å². The van der Waals surface area contributed by atoms with Crippen molar-refractivity contribution in [1.82, 2.24) is 86.5 Å². The number of thiazole rings is 1. The van der Waals surface area contributed by atoms with Gasteiger partial charge in [-0.25, -0.2) is 36.4 Å². The lowest BCUT2D eigenvalue weighted by molar-refractivity contribution is -0.651. The summed E-state index contributed by atoms with van der Waals surface area (Å²) in [5, 5.41) is 19.0. The maximum absolute atomic E-state index is 7.97. The summed E-state index contributed by atoms with van der Waals surface area (Å²) >= 11 is 1.79. The second-order valence-electron chi connectivity index (χ2n) is 25.8. The lowest BCUT2D eigenvalue weighted by atomic mass is 10.1. The molecule has 24 nitrogen and oxygen atoms in total. The molecule has 0 saturated heterocycles. The van der Waals surface area contributed by atoms with Gasteiger partial charge < -0.3 is 4.42 Å². The Morgan fingerprint density at radius 3 is 1.44 bits per heavy atom. The lowest BCUT2D eigenvalue weighted by Gasteiger charge is -2.02. The second kappa shape index (κ2) is 21.8. The van der Waals surface area contributed by atoms with Crippen LogP contribution in [0.15, 0.2) is 248 Å². The van der Waals surface area contributed by atoms with Crippen molar-refractivity contribution in [2.24, 2.45) is 14.0 Å². The minimum Gasteiger partial charge on any atom is -0.395 e. The molecule has 0 N–H and O–H groups in total. The van der Waals surface area contributed by atoms with E-state index in [9.17, 15) is 0 Å². The second-order valence-corrected chi connectivity index (χ2v) is 26.8. The van der Waals surface area contributed by atoms with Crippen molar-refractivity contribution in [2.75, 3.05) is 0 Å². The van der Waals surface area contributed by atoms with Gasteiger partial charge in [-0.1, -0.05) is 130 Å². The zero-order chi connectivity index (χ0) is 70.2. The van der Waals surface area contributed by atoms with E-state index in [-0.39, 0.29) is 0 Å². The third-order valence-electron chi connectivity index (χ3n) is 20.1. The molecule has 0 amide bonds. The SMILES string of the molecule is Cn1c2[n+](c3c1nc1cccnn13)Cc1ccccc1-2.[2H]C([2H])([2H])n1c2[n+](c3c1nc1cccnn13)Cc1ccccc1-2.c1ccc(-n2c3[n+](c4c2nc2cccnn24)Cc2ccccc2-3)cc1.c1ccc2c(c1)C[n+]1c-2oc2nc3cccnn3c21.c1ccc2c(c1)C[n+]1c-2sc2c1nc1ncccn12. The van der Waals surface area contributed by atoms with Gasteiger partial charge in [0.15, 0.2) is 5.01 Å². The highest BCUT2D eigenvalue weighted by molar-refractivity contribution is 7.20. The molecule has 6 aromatic carbocycles. The Morgan fingerprint density at radius 2 is 0.845 bits per heavy atom. The van der Waals surface area contributed by atoms with Crippen LogP contribution in [0.25, 0.3) is 146 Å². The van der Waals surface area contributed by atoms with Gasteiger partial charge in [0.25, 0.3) is 28.5 Å². The molecule has 0 aliphatic carbocycles. The highest BCUT2D eigenvalue weighted by Crippen LogP contribution is 2.38. The molecule has 20 heterocycles. The molecule has 21 aromatic rings. The first-order valence-corrected chi connectivity index (χ1v) is 34.5. The molecule has 0 radical (unpaired) electrons. The predicted octanol–water partition coefficient (Wildman–Crippen LogP) is 10.1. The number of oxazole rings is 1. The van der Waals surface area contributed by atoms with Gasteiger partial charge in [0.05, 0.1) is 84.8 Å². The standard InChI is InChI=1S/C20H14N5.2C15H12N5.C14H9N4O.C14H9N4S/c1-2-8-15(9-3-1)24-18-20(25-17(22-18)11-6-12-21-25)23-13-14-7-4-5-10-16(14)19(23)24;2*1-18-13-15(20-12(17-13)7-4-8-16-20)19-9-10-5-2-3-6-11(10)14(18)19;1-2-5-10-9(4-1)8-17-13-12(19-14(10)17)16-11-6-3-7-15-18(11)13;1-2-5-10-9(4-1)8-18-11-13(19-12(10)18)17-7-3-6-15-14(17)16-11/h1-12H,13H2;2*2-8H,9H2,1H3;2*1-7H,8H2/q5*+1/i;1D3;;;. The zero-order valence-electron chi connectivity index (χ0n) is 57.7. The van der Waals surface area contributed by atoms with E-state index in [1.165, 1.54) is 65.0 Å². The van der Waals surface area contributed by atoms with Crippen LogP contribution in [0.2, 0.25) is 0 Å². The summed E-state index contributed by atoms with van der Waals surface area (Å²) in [6.45, 7) is 1.75. The van der Waals surface area contributed by atoms with E-state index in [4.69, 9.17) is 18.5 Å². The third kappa shape index (κ3) is 8.35. The van der Waals surface area contributed by atoms with Crippen molar-refractivity contribution in [3.63, 3.8) is 0 Å².